The van der Waals surface area contributed by atoms with Crippen LogP contribution in [0.2, 0.25) is 0 Å². The lowest BCUT2D eigenvalue weighted by Gasteiger charge is -2.34. The van der Waals surface area contributed by atoms with Crippen LogP contribution in [0.15, 0.2) is 23.5 Å². The zero-order chi connectivity index (χ0) is 20.9. The molecule has 0 radical (unpaired) electrons. The highest BCUT2D eigenvalue weighted by atomic mass is 127. The summed E-state index contributed by atoms with van der Waals surface area (Å²) < 4.78 is 11.3. The number of anilines is 1. The number of hydrogen-bond acceptors (Lipinski definition) is 7. The normalized spacial score (nSPS) is 19.8. The first-order valence-electron chi connectivity index (χ1n) is 11.2. The second-order valence-electron chi connectivity index (χ2n) is 7.72. The number of nitrogens with zero attached hydrogens (tertiary/aromatic N) is 5. The first kappa shape index (κ1) is 26.0. The molecule has 0 spiro atoms. The van der Waals surface area contributed by atoms with Crippen LogP contribution in [0.4, 0.5) is 5.95 Å². The van der Waals surface area contributed by atoms with Gasteiger partial charge < -0.3 is 25.0 Å². The van der Waals surface area contributed by atoms with E-state index < -0.39 is 0 Å². The average molecular weight is 547 g/mol. The molecule has 3 heterocycles. The molecule has 0 aromatic carbocycles. The SMILES string of the molecule is CN=C(NCCCOCC1CCCO1)NCCCN1CCN(c2ncccn2)CC1.I. The zero-order valence-electron chi connectivity index (χ0n) is 18.7. The van der Waals surface area contributed by atoms with Gasteiger partial charge in [-0.15, -0.1) is 24.0 Å². The number of ether oxygens (including phenoxy) is 2. The standard InChI is InChI=1S/C21H37N7O2.HI/c1-22-20(24-10-5-16-29-18-19-6-2-17-30-19)23-9-4-11-27-12-14-28(15-13-27)21-25-7-3-8-26-21;/h3,7-8,19H,2,4-6,9-18H2,1H3,(H2,22,23,24);1H. The van der Waals surface area contributed by atoms with Crippen molar-refractivity contribution in [2.45, 2.75) is 31.8 Å². The van der Waals surface area contributed by atoms with E-state index in [9.17, 15) is 0 Å². The quantitative estimate of drug-likeness (QED) is 0.186. The molecule has 2 fully saturated rings. The highest BCUT2D eigenvalue weighted by Gasteiger charge is 2.18. The van der Waals surface area contributed by atoms with Crippen LogP contribution in [-0.4, -0.2) is 99.6 Å². The number of piperazine rings is 1. The molecule has 9 nitrogen and oxygen atoms in total. The van der Waals surface area contributed by atoms with E-state index >= 15 is 0 Å². The van der Waals surface area contributed by atoms with Gasteiger partial charge >= 0.3 is 0 Å². The van der Waals surface area contributed by atoms with Gasteiger partial charge in [0.1, 0.15) is 0 Å². The fraction of sp³-hybridized carbons (Fsp3) is 0.762. The molecular formula is C21H38IN7O2. The van der Waals surface area contributed by atoms with Crippen molar-refractivity contribution in [2.24, 2.45) is 4.99 Å². The third-order valence-electron chi connectivity index (χ3n) is 5.46. The van der Waals surface area contributed by atoms with Crippen LogP contribution in [0, 0.1) is 0 Å². The van der Waals surface area contributed by atoms with E-state index in [1.807, 2.05) is 13.1 Å². The van der Waals surface area contributed by atoms with Gasteiger partial charge in [-0.2, -0.15) is 0 Å². The Morgan fingerprint density at radius 1 is 1.16 bits per heavy atom. The van der Waals surface area contributed by atoms with Crippen molar-refractivity contribution < 1.29 is 9.47 Å². The third kappa shape index (κ3) is 9.84. The topological polar surface area (TPSA) is 87.1 Å². The molecule has 3 rings (SSSR count). The molecule has 2 N–H and O–H groups in total. The van der Waals surface area contributed by atoms with Gasteiger partial charge in [0, 0.05) is 71.9 Å². The second-order valence-corrected chi connectivity index (χ2v) is 7.72. The average Bonchev–Trinajstić information content (AvgIpc) is 3.32. The van der Waals surface area contributed by atoms with Gasteiger partial charge in [-0.25, -0.2) is 9.97 Å². The Bertz CT molecular complexity index is 609. The lowest BCUT2D eigenvalue weighted by atomic mass is 10.2. The van der Waals surface area contributed by atoms with Gasteiger partial charge in [0.2, 0.25) is 5.95 Å². The molecule has 0 bridgehead atoms. The van der Waals surface area contributed by atoms with Crippen LogP contribution < -0.4 is 15.5 Å². The summed E-state index contributed by atoms with van der Waals surface area (Å²) in [6.07, 6.45) is 8.26. The Kier molecular flexibility index (Phi) is 13.0. The monoisotopic (exact) mass is 547 g/mol. The lowest BCUT2D eigenvalue weighted by molar-refractivity contribution is 0.0168. The lowest BCUT2D eigenvalue weighted by Crippen LogP contribution is -2.47. The summed E-state index contributed by atoms with van der Waals surface area (Å²) in [5.41, 5.74) is 0. The fourth-order valence-electron chi connectivity index (χ4n) is 3.73. The van der Waals surface area contributed by atoms with E-state index in [2.05, 4.69) is 35.4 Å². The number of nitrogens with one attached hydrogen (secondary N) is 2. The Morgan fingerprint density at radius 3 is 2.58 bits per heavy atom. The van der Waals surface area contributed by atoms with E-state index in [1.54, 1.807) is 12.4 Å². The molecule has 31 heavy (non-hydrogen) atoms. The molecular weight excluding hydrogens is 509 g/mol. The van der Waals surface area contributed by atoms with E-state index in [1.165, 1.54) is 0 Å². The molecule has 0 aliphatic carbocycles. The first-order chi connectivity index (χ1) is 14.8. The number of hydrogen-bond donors (Lipinski definition) is 2. The largest absolute Gasteiger partial charge is 0.379 e. The van der Waals surface area contributed by atoms with Crippen LogP contribution in [0.1, 0.15) is 25.7 Å². The van der Waals surface area contributed by atoms with Crippen molar-refractivity contribution >= 4 is 35.9 Å². The van der Waals surface area contributed by atoms with E-state index in [0.29, 0.717) is 6.10 Å². The summed E-state index contributed by atoms with van der Waals surface area (Å²) in [6, 6.07) is 1.86. The molecule has 10 heteroatoms. The number of aliphatic imine (C=N–C) groups is 1. The van der Waals surface area contributed by atoms with Crippen LogP contribution >= 0.6 is 24.0 Å². The maximum Gasteiger partial charge on any atom is 0.225 e. The predicted octanol–water partition coefficient (Wildman–Crippen LogP) is 1.36. The molecule has 176 valence electrons. The van der Waals surface area contributed by atoms with Crippen molar-refractivity contribution in [2.75, 3.05) is 77.6 Å². The summed E-state index contributed by atoms with van der Waals surface area (Å²) in [7, 11) is 1.81. The second kappa shape index (κ2) is 15.5. The van der Waals surface area contributed by atoms with Crippen LogP contribution in [0.25, 0.3) is 0 Å². The van der Waals surface area contributed by atoms with Gasteiger partial charge in [-0.05, 0) is 38.3 Å². The van der Waals surface area contributed by atoms with Crippen LogP contribution in [-0.2, 0) is 9.47 Å². The minimum atomic E-state index is 0. The zero-order valence-corrected chi connectivity index (χ0v) is 21.0. The summed E-state index contributed by atoms with van der Waals surface area (Å²) in [5, 5.41) is 6.75. The Balaban J connectivity index is 0.00000341. The summed E-state index contributed by atoms with van der Waals surface area (Å²) in [4.78, 5) is 17.7. The Labute approximate surface area is 203 Å². The summed E-state index contributed by atoms with van der Waals surface area (Å²) in [6.45, 7) is 9.29. The van der Waals surface area contributed by atoms with Gasteiger partial charge in [0.05, 0.1) is 12.7 Å². The number of aromatic nitrogens is 2. The van der Waals surface area contributed by atoms with Gasteiger partial charge in [-0.3, -0.25) is 9.89 Å². The molecule has 1 unspecified atom stereocenters. The molecule has 2 aliphatic heterocycles. The predicted molar refractivity (Wildman–Crippen MR) is 134 cm³/mol. The highest BCUT2D eigenvalue weighted by Crippen LogP contribution is 2.12. The first-order valence-corrected chi connectivity index (χ1v) is 11.2. The molecule has 0 saturated carbocycles. The molecule has 1 aromatic rings. The molecule has 2 aliphatic rings. The Morgan fingerprint density at radius 2 is 1.90 bits per heavy atom. The van der Waals surface area contributed by atoms with Crippen molar-refractivity contribution in [3.63, 3.8) is 0 Å². The van der Waals surface area contributed by atoms with E-state index in [4.69, 9.17) is 9.47 Å². The van der Waals surface area contributed by atoms with Crippen molar-refractivity contribution in [3.8, 4) is 0 Å². The minimum Gasteiger partial charge on any atom is -0.379 e. The van der Waals surface area contributed by atoms with Crippen molar-refractivity contribution in [1.29, 1.82) is 0 Å². The number of rotatable bonds is 11. The minimum absolute atomic E-state index is 0. The third-order valence-corrected chi connectivity index (χ3v) is 5.46. The van der Waals surface area contributed by atoms with Crippen molar-refractivity contribution in [3.05, 3.63) is 18.5 Å². The van der Waals surface area contributed by atoms with Crippen LogP contribution in [0.3, 0.4) is 0 Å². The molecule has 1 atom stereocenters. The van der Waals surface area contributed by atoms with Crippen LogP contribution in [0.5, 0.6) is 0 Å². The molecule has 0 amide bonds. The summed E-state index contributed by atoms with van der Waals surface area (Å²) >= 11 is 0. The number of guanidine groups is 1. The van der Waals surface area contributed by atoms with E-state index in [0.717, 1.165) is 103 Å². The molecule has 1 aromatic heterocycles. The maximum absolute atomic E-state index is 5.69. The molecule has 2 saturated heterocycles. The maximum atomic E-state index is 5.69. The van der Waals surface area contributed by atoms with Gasteiger partial charge in [-0.1, -0.05) is 0 Å². The van der Waals surface area contributed by atoms with Crippen molar-refractivity contribution in [1.82, 2.24) is 25.5 Å². The summed E-state index contributed by atoms with van der Waals surface area (Å²) in [5.74, 6) is 1.70. The van der Waals surface area contributed by atoms with E-state index in [-0.39, 0.29) is 24.0 Å². The smallest absolute Gasteiger partial charge is 0.225 e. The Hall–Kier alpha value is -1.24. The fourth-order valence-corrected chi connectivity index (χ4v) is 3.73. The number of halogens is 1. The highest BCUT2D eigenvalue weighted by molar-refractivity contribution is 14.0. The van der Waals surface area contributed by atoms with Gasteiger partial charge in [0.15, 0.2) is 5.96 Å². The van der Waals surface area contributed by atoms with Gasteiger partial charge in [0.25, 0.3) is 0 Å².